The van der Waals surface area contributed by atoms with Gasteiger partial charge in [-0.2, -0.15) is 0 Å². The van der Waals surface area contributed by atoms with Crippen molar-refractivity contribution in [1.82, 2.24) is 9.55 Å². The Morgan fingerprint density at radius 3 is 2.58 bits per heavy atom. The number of esters is 1. The first-order valence-corrected chi connectivity index (χ1v) is 5.94. The van der Waals surface area contributed by atoms with Gasteiger partial charge in [0.25, 0.3) is 0 Å². The molecule has 0 bridgehead atoms. The number of aromatic nitrogens is 2. The quantitative estimate of drug-likeness (QED) is 0.846. The molecule has 1 aromatic heterocycles. The average molecular weight is 260 g/mol. The van der Waals surface area contributed by atoms with E-state index >= 15 is 0 Å². The molecule has 0 radical (unpaired) electrons. The third-order valence-electron chi connectivity index (χ3n) is 3.08. The van der Waals surface area contributed by atoms with E-state index in [-0.39, 0.29) is 12.6 Å². The fourth-order valence-electron chi connectivity index (χ4n) is 1.86. The third kappa shape index (κ3) is 2.82. The highest BCUT2D eigenvalue weighted by Gasteiger charge is 2.07. The molecule has 5 nitrogen and oxygen atoms in total. The highest BCUT2D eigenvalue weighted by Crippen LogP contribution is 2.11. The highest BCUT2D eigenvalue weighted by molar-refractivity contribution is 5.89. The summed E-state index contributed by atoms with van der Waals surface area (Å²) in [5, 5.41) is 9.10. The van der Waals surface area contributed by atoms with E-state index in [4.69, 9.17) is 5.11 Å². The maximum atomic E-state index is 11.3. The normalized spacial score (nSPS) is 10.5. The summed E-state index contributed by atoms with van der Waals surface area (Å²) in [4.78, 5) is 15.4. The molecule has 0 atom stereocenters. The van der Waals surface area contributed by atoms with Gasteiger partial charge in [-0.3, -0.25) is 0 Å². The van der Waals surface area contributed by atoms with Gasteiger partial charge in [-0.15, -0.1) is 0 Å². The lowest BCUT2D eigenvalue weighted by atomic mass is 10.1. The number of methoxy groups -OCH3 is 1. The molecule has 0 aliphatic heterocycles. The van der Waals surface area contributed by atoms with Crippen LogP contribution in [-0.2, 0) is 17.9 Å². The van der Waals surface area contributed by atoms with Gasteiger partial charge >= 0.3 is 5.97 Å². The number of carbonyl (C=O) groups excluding carboxylic acids is 1. The summed E-state index contributed by atoms with van der Waals surface area (Å²) in [5.74, 6) is -0.340. The molecule has 1 heterocycles. The van der Waals surface area contributed by atoms with E-state index in [1.807, 2.05) is 23.6 Å². The summed E-state index contributed by atoms with van der Waals surface area (Å²) < 4.78 is 6.61. The standard InChI is InChI=1S/C14H16N2O3/c1-10-13(8-17)15-9-16(10)7-11-3-5-12(6-4-11)14(18)19-2/h3-6,9,17H,7-8H2,1-2H3. The van der Waals surface area contributed by atoms with Crippen molar-refractivity contribution >= 4 is 5.97 Å². The minimum atomic E-state index is -0.340. The Bertz CT molecular complexity index is 573. The molecule has 1 N–H and O–H groups in total. The van der Waals surface area contributed by atoms with Gasteiger partial charge in [-0.25, -0.2) is 9.78 Å². The van der Waals surface area contributed by atoms with Crippen LogP contribution in [0.25, 0.3) is 0 Å². The van der Waals surface area contributed by atoms with Crippen LogP contribution in [0.4, 0.5) is 0 Å². The Morgan fingerprint density at radius 1 is 1.37 bits per heavy atom. The predicted octanol–water partition coefficient (Wildman–Crippen LogP) is 1.52. The molecule has 0 fully saturated rings. The lowest BCUT2D eigenvalue weighted by molar-refractivity contribution is 0.0600. The highest BCUT2D eigenvalue weighted by atomic mass is 16.5. The largest absolute Gasteiger partial charge is 0.465 e. The van der Waals surface area contributed by atoms with E-state index in [0.717, 1.165) is 11.3 Å². The fraction of sp³-hybridized carbons (Fsp3) is 0.286. The van der Waals surface area contributed by atoms with Crippen LogP contribution in [0.15, 0.2) is 30.6 Å². The van der Waals surface area contributed by atoms with Crippen LogP contribution in [0.3, 0.4) is 0 Å². The number of hydrogen-bond acceptors (Lipinski definition) is 4. The molecule has 1 aromatic carbocycles. The third-order valence-corrected chi connectivity index (χ3v) is 3.08. The SMILES string of the molecule is COC(=O)c1ccc(Cn2cnc(CO)c2C)cc1. The van der Waals surface area contributed by atoms with E-state index in [1.165, 1.54) is 7.11 Å². The van der Waals surface area contributed by atoms with Crippen molar-refractivity contribution in [1.29, 1.82) is 0 Å². The molecule has 0 saturated heterocycles. The number of aliphatic hydroxyl groups excluding tert-OH is 1. The molecule has 0 aliphatic rings. The van der Waals surface area contributed by atoms with Crippen molar-refractivity contribution in [3.05, 3.63) is 53.1 Å². The topological polar surface area (TPSA) is 64.4 Å². The van der Waals surface area contributed by atoms with Crippen LogP contribution in [0.1, 0.15) is 27.3 Å². The first-order valence-electron chi connectivity index (χ1n) is 5.94. The van der Waals surface area contributed by atoms with E-state index in [0.29, 0.717) is 17.8 Å². The molecule has 100 valence electrons. The molecular formula is C14H16N2O3. The number of benzene rings is 1. The van der Waals surface area contributed by atoms with Crippen molar-refractivity contribution < 1.29 is 14.6 Å². The van der Waals surface area contributed by atoms with Gasteiger partial charge < -0.3 is 14.4 Å². The van der Waals surface area contributed by atoms with Gasteiger partial charge in [0.15, 0.2) is 0 Å². The molecule has 5 heteroatoms. The number of ether oxygens (including phenoxy) is 1. The van der Waals surface area contributed by atoms with Crippen molar-refractivity contribution in [2.75, 3.05) is 7.11 Å². The van der Waals surface area contributed by atoms with Gasteiger partial charge in [0.2, 0.25) is 0 Å². The maximum absolute atomic E-state index is 11.3. The Hall–Kier alpha value is -2.14. The van der Waals surface area contributed by atoms with Gasteiger partial charge in [0, 0.05) is 12.2 Å². The molecule has 0 spiro atoms. The lowest BCUT2D eigenvalue weighted by Gasteiger charge is -2.06. The number of aliphatic hydroxyl groups is 1. The zero-order valence-electron chi connectivity index (χ0n) is 11.0. The van der Waals surface area contributed by atoms with Crippen molar-refractivity contribution in [3.63, 3.8) is 0 Å². The van der Waals surface area contributed by atoms with E-state index in [1.54, 1.807) is 18.5 Å². The first kappa shape index (κ1) is 13.3. The van der Waals surface area contributed by atoms with E-state index < -0.39 is 0 Å². The molecular weight excluding hydrogens is 244 g/mol. The van der Waals surface area contributed by atoms with Crippen LogP contribution in [0.5, 0.6) is 0 Å². The Labute approximate surface area is 111 Å². The van der Waals surface area contributed by atoms with Gasteiger partial charge in [-0.05, 0) is 24.6 Å². The van der Waals surface area contributed by atoms with Gasteiger partial charge in [0.05, 0.1) is 31.3 Å². The Morgan fingerprint density at radius 2 is 2.05 bits per heavy atom. The Balaban J connectivity index is 2.15. The summed E-state index contributed by atoms with van der Waals surface area (Å²) in [6.45, 7) is 2.52. The van der Waals surface area contributed by atoms with Crippen molar-refractivity contribution in [3.8, 4) is 0 Å². The minimum Gasteiger partial charge on any atom is -0.465 e. The summed E-state index contributed by atoms with van der Waals surface area (Å²) in [6, 6.07) is 7.23. The van der Waals surface area contributed by atoms with Crippen LogP contribution < -0.4 is 0 Å². The molecule has 19 heavy (non-hydrogen) atoms. The number of imidazole rings is 1. The molecule has 0 unspecified atom stereocenters. The van der Waals surface area contributed by atoms with Crippen molar-refractivity contribution in [2.24, 2.45) is 0 Å². The van der Waals surface area contributed by atoms with Crippen LogP contribution >= 0.6 is 0 Å². The van der Waals surface area contributed by atoms with Crippen LogP contribution in [-0.4, -0.2) is 27.7 Å². The zero-order chi connectivity index (χ0) is 13.8. The zero-order valence-corrected chi connectivity index (χ0v) is 11.0. The molecule has 2 aromatic rings. The summed E-state index contributed by atoms with van der Waals surface area (Å²) >= 11 is 0. The Kier molecular flexibility index (Phi) is 3.97. The molecule has 0 amide bonds. The van der Waals surface area contributed by atoms with Crippen LogP contribution in [0.2, 0.25) is 0 Å². The molecule has 0 aliphatic carbocycles. The lowest BCUT2D eigenvalue weighted by Crippen LogP contribution is -2.03. The summed E-state index contributed by atoms with van der Waals surface area (Å²) in [6.07, 6.45) is 1.70. The predicted molar refractivity (Wildman–Crippen MR) is 69.8 cm³/mol. The van der Waals surface area contributed by atoms with Crippen molar-refractivity contribution in [2.45, 2.75) is 20.1 Å². The fourth-order valence-corrected chi connectivity index (χ4v) is 1.86. The van der Waals surface area contributed by atoms with Gasteiger partial charge in [0.1, 0.15) is 0 Å². The average Bonchev–Trinajstić information content (AvgIpc) is 2.79. The smallest absolute Gasteiger partial charge is 0.337 e. The number of rotatable bonds is 4. The van der Waals surface area contributed by atoms with Gasteiger partial charge in [-0.1, -0.05) is 12.1 Å². The van der Waals surface area contributed by atoms with E-state index in [9.17, 15) is 4.79 Å². The second kappa shape index (κ2) is 5.67. The minimum absolute atomic E-state index is 0.0554. The monoisotopic (exact) mass is 260 g/mol. The van der Waals surface area contributed by atoms with Crippen LogP contribution in [0, 0.1) is 6.92 Å². The second-order valence-corrected chi connectivity index (χ2v) is 4.25. The summed E-state index contributed by atoms with van der Waals surface area (Å²) in [5.41, 5.74) is 3.22. The number of hydrogen-bond donors (Lipinski definition) is 1. The number of nitrogens with zero attached hydrogens (tertiary/aromatic N) is 2. The second-order valence-electron chi connectivity index (χ2n) is 4.25. The number of carbonyl (C=O) groups is 1. The first-order chi connectivity index (χ1) is 9.15. The molecule has 0 saturated carbocycles. The maximum Gasteiger partial charge on any atom is 0.337 e. The summed E-state index contributed by atoms with van der Waals surface area (Å²) in [7, 11) is 1.36. The molecule has 2 rings (SSSR count). The van der Waals surface area contributed by atoms with E-state index in [2.05, 4.69) is 9.72 Å².